The van der Waals surface area contributed by atoms with Crippen LogP contribution in [-0.4, -0.2) is 17.4 Å². The zero-order valence-corrected chi connectivity index (χ0v) is 11.1. The summed E-state index contributed by atoms with van der Waals surface area (Å²) < 4.78 is 0. The molecule has 3 N–H and O–H groups in total. The molecule has 0 bridgehead atoms. The molecule has 0 fully saturated rings. The summed E-state index contributed by atoms with van der Waals surface area (Å²) in [5, 5.41) is 2.86. The van der Waals surface area contributed by atoms with E-state index in [9.17, 15) is 4.79 Å². The first-order valence-electron chi connectivity index (χ1n) is 5.23. The predicted octanol–water partition coefficient (Wildman–Crippen LogP) is 1.71. The molecule has 2 atom stereocenters. The van der Waals surface area contributed by atoms with Gasteiger partial charge in [0.15, 0.2) is 0 Å². The van der Waals surface area contributed by atoms with E-state index in [0.717, 1.165) is 0 Å². The Morgan fingerprint density at radius 3 is 2.20 bits per heavy atom. The highest BCUT2D eigenvalue weighted by Crippen LogP contribution is 2.24. The van der Waals surface area contributed by atoms with Crippen LogP contribution in [0.3, 0.4) is 0 Å². The zero-order valence-electron chi connectivity index (χ0n) is 10.3. The van der Waals surface area contributed by atoms with Crippen molar-refractivity contribution in [1.29, 1.82) is 0 Å². The minimum absolute atomic E-state index is 0.0846. The molecule has 88 valence electrons. The van der Waals surface area contributed by atoms with Gasteiger partial charge in [-0.1, -0.05) is 39.9 Å². The van der Waals surface area contributed by atoms with Gasteiger partial charge in [0, 0.05) is 6.54 Å². The van der Waals surface area contributed by atoms with Gasteiger partial charge in [0.1, 0.15) is 0 Å². The van der Waals surface area contributed by atoms with Crippen LogP contribution >= 0.6 is 12.2 Å². The maximum Gasteiger partial charge on any atom is 0.229 e. The summed E-state index contributed by atoms with van der Waals surface area (Å²) in [5.41, 5.74) is 5.59. The van der Waals surface area contributed by atoms with Crippen LogP contribution in [-0.2, 0) is 4.79 Å². The minimum Gasteiger partial charge on any atom is -0.393 e. The summed E-state index contributed by atoms with van der Waals surface area (Å²) >= 11 is 4.76. The molecule has 0 aromatic heterocycles. The highest BCUT2D eigenvalue weighted by molar-refractivity contribution is 7.80. The van der Waals surface area contributed by atoms with Crippen LogP contribution in [0.2, 0.25) is 0 Å². The second-order valence-electron chi connectivity index (χ2n) is 5.14. The molecule has 15 heavy (non-hydrogen) atoms. The van der Waals surface area contributed by atoms with E-state index in [-0.39, 0.29) is 22.2 Å². The molecule has 0 radical (unpaired) electrons. The third-order valence-electron chi connectivity index (χ3n) is 2.88. The lowest BCUT2D eigenvalue weighted by Gasteiger charge is -2.27. The Morgan fingerprint density at radius 2 is 1.87 bits per heavy atom. The van der Waals surface area contributed by atoms with Crippen molar-refractivity contribution in [3.05, 3.63) is 0 Å². The van der Waals surface area contributed by atoms with Gasteiger partial charge in [-0.05, 0) is 18.3 Å². The van der Waals surface area contributed by atoms with Gasteiger partial charge in [0.25, 0.3) is 0 Å². The summed E-state index contributed by atoms with van der Waals surface area (Å²) in [7, 11) is 0. The fourth-order valence-electron chi connectivity index (χ4n) is 0.842. The second-order valence-corrected chi connectivity index (χ2v) is 5.61. The molecule has 0 aliphatic carbocycles. The first kappa shape index (κ1) is 14.4. The van der Waals surface area contributed by atoms with Crippen molar-refractivity contribution in [2.24, 2.45) is 23.0 Å². The van der Waals surface area contributed by atoms with Gasteiger partial charge >= 0.3 is 0 Å². The van der Waals surface area contributed by atoms with E-state index in [1.165, 1.54) is 0 Å². The van der Waals surface area contributed by atoms with Gasteiger partial charge in [-0.2, -0.15) is 0 Å². The van der Waals surface area contributed by atoms with Crippen molar-refractivity contribution in [2.45, 2.75) is 34.6 Å². The number of nitrogens with two attached hydrogens (primary N) is 1. The van der Waals surface area contributed by atoms with Crippen molar-refractivity contribution in [3.63, 3.8) is 0 Å². The molecule has 2 unspecified atom stereocenters. The quantitative estimate of drug-likeness (QED) is 0.723. The summed E-state index contributed by atoms with van der Waals surface area (Å²) in [6.07, 6.45) is 0. The SMILES string of the molecule is CC(C(=O)NCC(C)C(C)(C)C)C(N)=S. The largest absolute Gasteiger partial charge is 0.393 e. The van der Waals surface area contributed by atoms with E-state index in [2.05, 4.69) is 33.0 Å². The molecular weight excluding hydrogens is 208 g/mol. The monoisotopic (exact) mass is 230 g/mol. The number of nitrogens with one attached hydrogen (secondary N) is 1. The number of amides is 1. The van der Waals surface area contributed by atoms with Crippen LogP contribution < -0.4 is 11.1 Å². The summed E-state index contributed by atoms with van der Waals surface area (Å²) in [4.78, 5) is 11.8. The first-order valence-corrected chi connectivity index (χ1v) is 5.64. The Balaban J connectivity index is 4.07. The summed E-state index contributed by atoms with van der Waals surface area (Å²) in [6.45, 7) is 11.0. The van der Waals surface area contributed by atoms with Gasteiger partial charge in [0.2, 0.25) is 5.91 Å². The average molecular weight is 230 g/mol. The number of rotatable bonds is 4. The van der Waals surface area contributed by atoms with E-state index < -0.39 is 0 Å². The van der Waals surface area contributed by atoms with E-state index >= 15 is 0 Å². The topological polar surface area (TPSA) is 55.1 Å². The molecule has 0 heterocycles. The smallest absolute Gasteiger partial charge is 0.229 e. The summed E-state index contributed by atoms with van der Waals surface area (Å²) in [5.74, 6) is -0.0502. The second kappa shape index (κ2) is 5.45. The van der Waals surface area contributed by atoms with Crippen molar-refractivity contribution >= 4 is 23.1 Å². The molecule has 0 saturated heterocycles. The Morgan fingerprint density at radius 1 is 1.40 bits per heavy atom. The fourth-order valence-corrected chi connectivity index (χ4v) is 0.949. The molecular formula is C11H22N2OS. The van der Waals surface area contributed by atoms with E-state index in [1.807, 2.05) is 0 Å². The molecule has 3 nitrogen and oxygen atoms in total. The fraction of sp³-hybridized carbons (Fsp3) is 0.818. The standard InChI is InChI=1S/C11H22N2OS/c1-7(11(3,4)5)6-13-10(14)8(2)9(12)15/h7-8H,6H2,1-5H3,(H2,12,15)(H,13,14). The molecule has 0 aromatic carbocycles. The van der Waals surface area contributed by atoms with E-state index in [1.54, 1.807) is 6.92 Å². The zero-order chi connectivity index (χ0) is 12.2. The van der Waals surface area contributed by atoms with Crippen LogP contribution in [0, 0.1) is 17.3 Å². The highest BCUT2D eigenvalue weighted by Gasteiger charge is 2.22. The highest BCUT2D eigenvalue weighted by atomic mass is 32.1. The van der Waals surface area contributed by atoms with Gasteiger partial charge in [0.05, 0.1) is 10.9 Å². The lowest BCUT2D eigenvalue weighted by molar-refractivity contribution is -0.122. The first-order chi connectivity index (χ1) is 6.66. The molecule has 0 rings (SSSR count). The van der Waals surface area contributed by atoms with Gasteiger partial charge in [-0.25, -0.2) is 0 Å². The van der Waals surface area contributed by atoms with Crippen LogP contribution in [0.1, 0.15) is 34.6 Å². The van der Waals surface area contributed by atoms with Crippen molar-refractivity contribution in [1.82, 2.24) is 5.32 Å². The number of hydrogen-bond acceptors (Lipinski definition) is 2. The molecule has 0 saturated carbocycles. The molecule has 0 spiro atoms. The van der Waals surface area contributed by atoms with Crippen LogP contribution in [0.5, 0.6) is 0 Å². The van der Waals surface area contributed by atoms with Gasteiger partial charge < -0.3 is 11.1 Å². The Hall–Kier alpha value is -0.640. The van der Waals surface area contributed by atoms with Gasteiger partial charge in [-0.15, -0.1) is 0 Å². The van der Waals surface area contributed by atoms with Crippen LogP contribution in [0.25, 0.3) is 0 Å². The summed E-state index contributed by atoms with van der Waals surface area (Å²) in [6, 6.07) is 0. The number of hydrogen-bond donors (Lipinski definition) is 2. The molecule has 0 aliphatic rings. The Kier molecular flexibility index (Phi) is 5.21. The number of carbonyl (C=O) groups is 1. The van der Waals surface area contributed by atoms with Gasteiger partial charge in [-0.3, -0.25) is 4.79 Å². The maximum absolute atomic E-state index is 11.5. The van der Waals surface area contributed by atoms with Crippen molar-refractivity contribution in [2.75, 3.05) is 6.54 Å². The minimum atomic E-state index is -0.382. The third-order valence-corrected chi connectivity index (χ3v) is 3.23. The molecule has 0 aliphatic heterocycles. The third kappa shape index (κ3) is 5.11. The number of thiocarbonyl (C=S) groups is 1. The normalized spacial score (nSPS) is 15.5. The molecule has 4 heteroatoms. The number of carbonyl (C=O) groups excluding carboxylic acids is 1. The predicted molar refractivity (Wildman–Crippen MR) is 67.6 cm³/mol. The molecule has 1 amide bonds. The lowest BCUT2D eigenvalue weighted by atomic mass is 9.82. The Bertz CT molecular complexity index is 245. The van der Waals surface area contributed by atoms with Crippen LogP contribution in [0.4, 0.5) is 0 Å². The Labute approximate surface area is 97.8 Å². The van der Waals surface area contributed by atoms with Crippen LogP contribution in [0.15, 0.2) is 0 Å². The van der Waals surface area contributed by atoms with E-state index in [4.69, 9.17) is 18.0 Å². The molecule has 0 aromatic rings. The maximum atomic E-state index is 11.5. The van der Waals surface area contributed by atoms with Crippen molar-refractivity contribution < 1.29 is 4.79 Å². The lowest BCUT2D eigenvalue weighted by Crippen LogP contribution is -2.40. The average Bonchev–Trinajstić information content (AvgIpc) is 2.10. The van der Waals surface area contributed by atoms with Crippen molar-refractivity contribution in [3.8, 4) is 0 Å². The van der Waals surface area contributed by atoms with E-state index in [0.29, 0.717) is 12.5 Å².